The van der Waals surface area contributed by atoms with Crippen LogP contribution in [0.2, 0.25) is 5.02 Å². The first kappa shape index (κ1) is 44.8. The van der Waals surface area contributed by atoms with Crippen LogP contribution in [0.1, 0.15) is 97.6 Å². The Morgan fingerprint density at radius 3 is 2.31 bits per heavy atom. The van der Waals surface area contributed by atoms with Gasteiger partial charge in [0.05, 0.1) is 57.2 Å². The van der Waals surface area contributed by atoms with Crippen molar-refractivity contribution < 1.29 is 32.3 Å². The molecule has 0 saturated carbocycles. The van der Waals surface area contributed by atoms with Gasteiger partial charge in [0.2, 0.25) is 11.9 Å². The molecule has 4 aliphatic rings. The van der Waals surface area contributed by atoms with Crippen LogP contribution in [0.3, 0.4) is 0 Å². The number of aromatic nitrogens is 2. The Morgan fingerprint density at radius 2 is 1.61 bits per heavy atom. The lowest BCUT2D eigenvalue weighted by Gasteiger charge is -2.39. The number of amides is 5. The molecule has 0 spiro atoms. The Morgan fingerprint density at radius 1 is 0.875 bits per heavy atom. The summed E-state index contributed by atoms with van der Waals surface area (Å²) in [6, 6.07) is 15.4. The summed E-state index contributed by atoms with van der Waals surface area (Å²) >= 11 is 6.53. The number of piperidine rings is 2. The zero-order chi connectivity index (χ0) is 45.4. The monoisotopic (exact) mass is 911 g/mol. The highest BCUT2D eigenvalue weighted by Gasteiger charge is 2.45. The molecule has 0 radical (unpaired) electrons. The number of hydrogen-bond acceptors (Lipinski definition) is 13. The number of urea groups is 1. The predicted molar refractivity (Wildman–Crippen MR) is 244 cm³/mol. The number of fused-ring (bicyclic) bond motifs is 1. The first-order valence-electron chi connectivity index (χ1n) is 21.9. The summed E-state index contributed by atoms with van der Waals surface area (Å²) in [5, 5.41) is 10.2. The number of nitrogens with one attached hydrogen (secondary N) is 3. The van der Waals surface area contributed by atoms with E-state index in [1.54, 1.807) is 50.2 Å². The number of ether oxygens (including phenoxy) is 1. The van der Waals surface area contributed by atoms with Crippen LogP contribution in [0.25, 0.3) is 0 Å². The number of hydrogen-bond donors (Lipinski definition) is 3. The lowest BCUT2D eigenvalue weighted by molar-refractivity contribution is -0.122. The van der Waals surface area contributed by atoms with Crippen molar-refractivity contribution in [2.24, 2.45) is 5.92 Å². The van der Waals surface area contributed by atoms with Gasteiger partial charge in [0.25, 0.3) is 11.8 Å². The van der Waals surface area contributed by atoms with Crippen molar-refractivity contribution in [1.82, 2.24) is 30.2 Å². The molecule has 3 saturated heterocycles. The van der Waals surface area contributed by atoms with Crippen LogP contribution in [0.5, 0.6) is 5.75 Å². The first-order chi connectivity index (χ1) is 30.6. The Labute approximate surface area is 378 Å². The normalized spacial score (nSPS) is 18.0. The van der Waals surface area contributed by atoms with Crippen molar-refractivity contribution in [3.05, 3.63) is 88.1 Å². The zero-order valence-corrected chi connectivity index (χ0v) is 38.3. The highest BCUT2D eigenvalue weighted by Crippen LogP contribution is 2.40. The van der Waals surface area contributed by atoms with Gasteiger partial charge in [0.1, 0.15) is 10.8 Å². The molecular weight excluding hydrogens is 858 g/mol. The minimum absolute atomic E-state index is 0.00835. The van der Waals surface area contributed by atoms with E-state index < -0.39 is 38.8 Å². The summed E-state index contributed by atoms with van der Waals surface area (Å²) in [6.07, 6.45) is 5.28. The molecule has 0 atom stereocenters. The molecule has 18 heteroatoms. The van der Waals surface area contributed by atoms with E-state index in [-0.39, 0.29) is 46.3 Å². The number of carbonyl (C=O) groups excluding carboxylic acids is 4. The molecule has 5 amide bonds. The Kier molecular flexibility index (Phi) is 12.9. The molecule has 338 valence electrons. The lowest BCUT2D eigenvalue weighted by Crippen LogP contribution is -2.58. The topological polar surface area (TPSA) is 186 Å². The van der Waals surface area contributed by atoms with Crippen LogP contribution in [-0.2, 0) is 14.6 Å². The van der Waals surface area contributed by atoms with E-state index >= 15 is 0 Å². The van der Waals surface area contributed by atoms with Gasteiger partial charge in [-0.1, -0.05) is 29.8 Å². The zero-order valence-electron chi connectivity index (χ0n) is 36.7. The van der Waals surface area contributed by atoms with Gasteiger partial charge in [0, 0.05) is 26.1 Å². The van der Waals surface area contributed by atoms with Gasteiger partial charge in [-0.3, -0.25) is 19.7 Å². The van der Waals surface area contributed by atoms with Gasteiger partial charge in [-0.2, -0.15) is 9.99 Å². The van der Waals surface area contributed by atoms with Crippen LogP contribution in [0, 0.1) is 12.8 Å². The largest absolute Gasteiger partial charge is 0.489 e. The number of imide groups is 2. The third kappa shape index (κ3) is 9.10. The van der Waals surface area contributed by atoms with Gasteiger partial charge in [-0.25, -0.2) is 23.2 Å². The highest BCUT2D eigenvalue weighted by molar-refractivity contribution is 7.92. The average molecular weight is 913 g/mol. The number of nitrogens with zero attached hydrogens (tertiary/aromatic N) is 6. The molecule has 0 unspecified atom stereocenters. The SMILES string of the molecule is Cc1cc(Nc2ncc(Cl)c(Nc3ccccc3S(=O)(=O)C(C)C)n2)c(OC(C)C)cc1C1CCN(CC2CCN(c3cccc4c3C(=O)N(N3CCC(=O)NC3=O)C4=O)CC2)CC1. The van der Waals surface area contributed by atoms with Gasteiger partial charge in [-0.15, -0.1) is 0 Å². The van der Waals surface area contributed by atoms with Gasteiger partial charge < -0.3 is 25.2 Å². The van der Waals surface area contributed by atoms with Crippen LogP contribution in [0.4, 0.5) is 33.6 Å². The van der Waals surface area contributed by atoms with Crippen LogP contribution in [0.15, 0.2) is 65.7 Å². The molecule has 0 bridgehead atoms. The van der Waals surface area contributed by atoms with E-state index in [9.17, 15) is 27.6 Å². The number of hydrazine groups is 1. The van der Waals surface area contributed by atoms with Gasteiger partial charge in [0.15, 0.2) is 15.7 Å². The highest BCUT2D eigenvalue weighted by atomic mass is 35.5. The summed E-state index contributed by atoms with van der Waals surface area (Å²) in [7, 11) is -3.58. The van der Waals surface area contributed by atoms with E-state index in [0.29, 0.717) is 40.2 Å². The van der Waals surface area contributed by atoms with Crippen molar-refractivity contribution in [1.29, 1.82) is 0 Å². The van der Waals surface area contributed by atoms with E-state index in [0.717, 1.165) is 74.0 Å². The van der Waals surface area contributed by atoms with Crippen LogP contribution < -0.4 is 25.6 Å². The second kappa shape index (κ2) is 18.4. The van der Waals surface area contributed by atoms with Gasteiger partial charge >= 0.3 is 6.03 Å². The lowest BCUT2D eigenvalue weighted by atomic mass is 9.85. The van der Waals surface area contributed by atoms with Crippen molar-refractivity contribution in [2.75, 3.05) is 54.8 Å². The maximum absolute atomic E-state index is 13.7. The number of benzene rings is 3. The van der Waals surface area contributed by atoms with E-state index in [1.807, 2.05) is 19.9 Å². The quantitative estimate of drug-likeness (QED) is 0.113. The standard InChI is InChI=1S/C46H54ClN9O7S/c1-27(2)63-38-24-33(29(5)23-36(38)50-45-48-25-34(47)42(52-45)49-35-10-6-7-12-39(35)64(61,62)28(3)4)31-15-18-53(19-16-31)26-30-13-20-54(21-14-30)37-11-8-9-32-41(37)44(59)56(43(32)58)55-22-17-40(57)51-46(55)60/h6-12,23-25,27-28,30-31H,13-22,26H2,1-5H3,(H,51,57,60)(H2,48,49,50,52). The molecular formula is C46H54ClN9O7S. The molecule has 5 heterocycles. The number of sulfone groups is 1. The van der Waals surface area contributed by atoms with Gasteiger partial charge in [-0.05, 0) is 133 Å². The molecule has 4 aromatic rings. The Hall–Kier alpha value is -5.78. The summed E-state index contributed by atoms with van der Waals surface area (Å²) in [6.45, 7) is 13.7. The molecule has 4 aliphatic heterocycles. The van der Waals surface area contributed by atoms with Crippen LogP contribution in [-0.4, -0.2) is 108 Å². The maximum Gasteiger partial charge on any atom is 0.343 e. The summed E-state index contributed by atoms with van der Waals surface area (Å²) in [4.78, 5) is 65.3. The number of carbonyl (C=O) groups is 4. The van der Waals surface area contributed by atoms with Crippen molar-refractivity contribution in [3.8, 4) is 5.75 Å². The molecule has 1 aromatic heterocycles. The number of likely N-dealkylation sites (tertiary alicyclic amines) is 1. The number of para-hydroxylation sites is 1. The fourth-order valence-electron chi connectivity index (χ4n) is 9.06. The third-order valence-corrected chi connectivity index (χ3v) is 14.9. The van der Waals surface area contributed by atoms with E-state index in [1.165, 1.54) is 11.8 Å². The number of aryl methyl sites for hydroxylation is 1. The molecule has 3 aromatic carbocycles. The smallest absolute Gasteiger partial charge is 0.343 e. The molecule has 3 N–H and O–H groups in total. The van der Waals surface area contributed by atoms with E-state index in [2.05, 4.69) is 54.8 Å². The number of halogens is 1. The van der Waals surface area contributed by atoms with Crippen molar-refractivity contribution in [3.63, 3.8) is 0 Å². The average Bonchev–Trinajstić information content (AvgIpc) is 3.52. The Balaban J connectivity index is 0.889. The van der Waals surface area contributed by atoms with E-state index in [4.69, 9.17) is 16.3 Å². The third-order valence-electron chi connectivity index (χ3n) is 12.4. The molecule has 3 fully saturated rings. The molecule has 0 aliphatic carbocycles. The minimum atomic E-state index is -3.58. The summed E-state index contributed by atoms with van der Waals surface area (Å²) in [5.74, 6) is 0.497. The summed E-state index contributed by atoms with van der Waals surface area (Å²) < 4.78 is 32.6. The Bertz CT molecular complexity index is 2590. The molecule has 8 rings (SSSR count). The van der Waals surface area contributed by atoms with Crippen molar-refractivity contribution in [2.45, 2.75) is 88.9 Å². The maximum atomic E-state index is 13.7. The molecule has 64 heavy (non-hydrogen) atoms. The van der Waals surface area contributed by atoms with Crippen molar-refractivity contribution >= 4 is 74.0 Å². The first-order valence-corrected chi connectivity index (χ1v) is 23.8. The second-order valence-corrected chi connectivity index (χ2v) is 20.3. The van der Waals surface area contributed by atoms with Crippen LogP contribution >= 0.6 is 11.6 Å². The minimum Gasteiger partial charge on any atom is -0.489 e. The number of rotatable bonds is 13. The summed E-state index contributed by atoms with van der Waals surface area (Å²) in [5.41, 5.74) is 4.70. The number of anilines is 5. The predicted octanol–water partition coefficient (Wildman–Crippen LogP) is 7.44. The fraction of sp³-hybridized carbons (Fsp3) is 0.435. The fourth-order valence-corrected chi connectivity index (χ4v) is 10.4. The molecule has 16 nitrogen and oxygen atoms in total. The second-order valence-electron chi connectivity index (χ2n) is 17.5.